The van der Waals surface area contributed by atoms with Gasteiger partial charge in [0.25, 0.3) is 0 Å². The van der Waals surface area contributed by atoms with Gasteiger partial charge in [-0.15, -0.1) is 6.58 Å². The fourth-order valence-corrected chi connectivity index (χ4v) is 1.15. The van der Waals surface area contributed by atoms with Crippen molar-refractivity contribution in [2.24, 2.45) is 5.10 Å². The number of amides is 2. The summed E-state index contributed by atoms with van der Waals surface area (Å²) in [6.45, 7) is 3.80. The number of hydrogen-bond acceptors (Lipinski definition) is 3. The van der Waals surface area contributed by atoms with Crippen LogP contribution in [0.4, 0.5) is 0 Å². The molecule has 18 heavy (non-hydrogen) atoms. The highest BCUT2D eigenvalue weighted by atomic mass is 16.2. The normalized spacial score (nSPS) is 10.0. The highest BCUT2D eigenvalue weighted by molar-refractivity contribution is 5.97. The zero-order valence-electron chi connectivity index (χ0n) is 9.93. The number of hydrazone groups is 1. The second kappa shape index (κ2) is 7.78. The third-order valence-corrected chi connectivity index (χ3v) is 1.97. The monoisotopic (exact) mass is 245 g/mol. The molecule has 0 aromatic heterocycles. The third-order valence-electron chi connectivity index (χ3n) is 1.97. The lowest BCUT2D eigenvalue weighted by Gasteiger charge is -2.00. The molecule has 0 unspecified atom stereocenters. The summed E-state index contributed by atoms with van der Waals surface area (Å²) in [7, 11) is 0. The van der Waals surface area contributed by atoms with Crippen LogP contribution < -0.4 is 10.7 Å². The van der Waals surface area contributed by atoms with Gasteiger partial charge in [-0.25, -0.2) is 5.43 Å². The molecule has 0 saturated carbocycles. The van der Waals surface area contributed by atoms with Crippen molar-refractivity contribution in [1.29, 1.82) is 0 Å². The highest BCUT2D eigenvalue weighted by Gasteiger charge is 2.06. The molecule has 0 aliphatic rings. The fraction of sp³-hybridized carbons (Fsp3) is 0.154. The predicted molar refractivity (Wildman–Crippen MR) is 70.0 cm³/mol. The molecule has 0 aliphatic heterocycles. The lowest BCUT2D eigenvalue weighted by atomic mass is 10.2. The number of rotatable bonds is 6. The molecule has 1 aromatic carbocycles. The van der Waals surface area contributed by atoms with Crippen LogP contribution in [-0.2, 0) is 9.59 Å². The van der Waals surface area contributed by atoms with E-state index < -0.39 is 5.91 Å². The van der Waals surface area contributed by atoms with E-state index in [4.69, 9.17) is 0 Å². The maximum atomic E-state index is 11.3. The zero-order valence-corrected chi connectivity index (χ0v) is 9.93. The number of hydrogen-bond donors (Lipinski definition) is 2. The smallest absolute Gasteiger partial charge is 0.249 e. The van der Waals surface area contributed by atoms with E-state index in [2.05, 4.69) is 22.4 Å². The first kappa shape index (κ1) is 13.6. The van der Waals surface area contributed by atoms with E-state index in [-0.39, 0.29) is 12.3 Å². The quantitative estimate of drug-likeness (QED) is 0.337. The molecule has 0 saturated heterocycles. The Morgan fingerprint density at radius 1 is 1.22 bits per heavy atom. The molecule has 0 aliphatic carbocycles. The summed E-state index contributed by atoms with van der Waals surface area (Å²) < 4.78 is 0. The minimum atomic E-state index is -0.455. The van der Waals surface area contributed by atoms with Crippen molar-refractivity contribution in [3.8, 4) is 0 Å². The van der Waals surface area contributed by atoms with Crippen LogP contribution in [0.5, 0.6) is 0 Å². The fourth-order valence-electron chi connectivity index (χ4n) is 1.15. The van der Waals surface area contributed by atoms with Crippen LogP contribution in [0.1, 0.15) is 12.0 Å². The van der Waals surface area contributed by atoms with Crippen molar-refractivity contribution in [3.05, 3.63) is 48.6 Å². The maximum Gasteiger partial charge on any atom is 0.249 e. The molecule has 1 aromatic rings. The van der Waals surface area contributed by atoms with E-state index in [1.54, 1.807) is 6.08 Å². The van der Waals surface area contributed by atoms with Crippen LogP contribution in [0.2, 0.25) is 0 Å². The highest BCUT2D eigenvalue weighted by Crippen LogP contribution is 1.93. The Hall–Kier alpha value is -2.43. The van der Waals surface area contributed by atoms with Crippen LogP contribution >= 0.6 is 0 Å². The first-order chi connectivity index (χ1) is 8.72. The summed E-state index contributed by atoms with van der Waals surface area (Å²) in [6.07, 6.45) is 2.81. The number of nitrogens with one attached hydrogen (secondary N) is 2. The Kier molecular flexibility index (Phi) is 5.89. The van der Waals surface area contributed by atoms with Crippen molar-refractivity contribution >= 4 is 18.0 Å². The summed E-state index contributed by atoms with van der Waals surface area (Å²) in [6, 6.07) is 9.33. The largest absolute Gasteiger partial charge is 0.352 e. The van der Waals surface area contributed by atoms with Crippen molar-refractivity contribution < 1.29 is 9.59 Å². The minimum Gasteiger partial charge on any atom is -0.352 e. The Labute approximate surface area is 106 Å². The van der Waals surface area contributed by atoms with Crippen LogP contribution in [-0.4, -0.2) is 24.6 Å². The minimum absolute atomic E-state index is 0.250. The summed E-state index contributed by atoms with van der Waals surface area (Å²) in [4.78, 5) is 22.5. The molecule has 0 radical (unpaired) electrons. The van der Waals surface area contributed by atoms with E-state index in [1.165, 1.54) is 6.21 Å². The number of carbonyl (C=O) groups excluding carboxylic acids is 2. The van der Waals surface area contributed by atoms with Gasteiger partial charge in [-0.1, -0.05) is 36.4 Å². The molecular formula is C13H15N3O2. The van der Waals surface area contributed by atoms with Crippen molar-refractivity contribution in [2.45, 2.75) is 6.42 Å². The molecule has 0 heterocycles. The van der Waals surface area contributed by atoms with Crippen LogP contribution in [0.25, 0.3) is 0 Å². The van der Waals surface area contributed by atoms with E-state index in [0.29, 0.717) is 6.54 Å². The Morgan fingerprint density at radius 2 is 1.94 bits per heavy atom. The van der Waals surface area contributed by atoms with Gasteiger partial charge in [0.15, 0.2) is 0 Å². The summed E-state index contributed by atoms with van der Waals surface area (Å²) in [5.41, 5.74) is 3.15. The van der Waals surface area contributed by atoms with Gasteiger partial charge in [0, 0.05) is 6.54 Å². The molecule has 2 N–H and O–H groups in total. The first-order valence-electron chi connectivity index (χ1n) is 5.47. The molecular weight excluding hydrogens is 230 g/mol. The summed E-state index contributed by atoms with van der Waals surface area (Å²) in [5, 5.41) is 6.25. The number of benzene rings is 1. The Morgan fingerprint density at radius 3 is 2.61 bits per heavy atom. The van der Waals surface area contributed by atoms with Gasteiger partial charge in [-0.05, 0) is 5.56 Å². The predicted octanol–water partition coefficient (Wildman–Crippen LogP) is 0.829. The second-order valence-electron chi connectivity index (χ2n) is 3.47. The van der Waals surface area contributed by atoms with E-state index in [1.807, 2.05) is 30.3 Å². The van der Waals surface area contributed by atoms with Crippen molar-refractivity contribution in [1.82, 2.24) is 10.7 Å². The van der Waals surface area contributed by atoms with Gasteiger partial charge in [0.05, 0.1) is 6.21 Å². The number of carbonyl (C=O) groups is 2. The van der Waals surface area contributed by atoms with Gasteiger partial charge in [0.2, 0.25) is 11.8 Å². The van der Waals surface area contributed by atoms with Gasteiger partial charge < -0.3 is 5.32 Å². The van der Waals surface area contributed by atoms with Crippen LogP contribution in [0.15, 0.2) is 48.1 Å². The second-order valence-corrected chi connectivity index (χ2v) is 3.47. The molecule has 1 rings (SSSR count). The zero-order chi connectivity index (χ0) is 13.2. The molecule has 0 atom stereocenters. The van der Waals surface area contributed by atoms with Gasteiger partial charge in [0.1, 0.15) is 6.42 Å². The van der Waals surface area contributed by atoms with Gasteiger partial charge in [-0.3, -0.25) is 9.59 Å². The summed E-state index contributed by atoms with van der Waals surface area (Å²) >= 11 is 0. The van der Waals surface area contributed by atoms with E-state index in [9.17, 15) is 9.59 Å². The first-order valence-corrected chi connectivity index (χ1v) is 5.47. The lowest BCUT2D eigenvalue weighted by molar-refractivity contribution is -0.129. The Balaban J connectivity index is 2.31. The molecule has 5 nitrogen and oxygen atoms in total. The molecule has 0 fully saturated rings. The number of nitrogens with zero attached hydrogens (tertiary/aromatic N) is 1. The van der Waals surface area contributed by atoms with Gasteiger partial charge in [-0.2, -0.15) is 5.10 Å². The standard InChI is InChI=1S/C13H15N3O2/c1-2-8-14-12(17)9-13(18)16-15-10-11-6-4-3-5-7-11/h2-7,10H,1,8-9H2,(H,14,17)(H,16,18). The van der Waals surface area contributed by atoms with E-state index in [0.717, 1.165) is 5.56 Å². The molecule has 0 spiro atoms. The van der Waals surface area contributed by atoms with Crippen LogP contribution in [0.3, 0.4) is 0 Å². The van der Waals surface area contributed by atoms with Crippen LogP contribution in [0, 0.1) is 0 Å². The van der Waals surface area contributed by atoms with Crippen molar-refractivity contribution in [3.63, 3.8) is 0 Å². The van der Waals surface area contributed by atoms with E-state index >= 15 is 0 Å². The molecule has 2 amide bonds. The topological polar surface area (TPSA) is 70.6 Å². The van der Waals surface area contributed by atoms with Gasteiger partial charge >= 0.3 is 0 Å². The lowest BCUT2D eigenvalue weighted by Crippen LogP contribution is -2.29. The molecule has 94 valence electrons. The average Bonchev–Trinajstić information content (AvgIpc) is 2.37. The Bertz CT molecular complexity index is 441. The average molecular weight is 245 g/mol. The summed E-state index contributed by atoms with van der Waals surface area (Å²) in [5.74, 6) is -0.814. The van der Waals surface area contributed by atoms with Crippen molar-refractivity contribution in [2.75, 3.05) is 6.54 Å². The SMILES string of the molecule is C=CCNC(=O)CC(=O)NN=Cc1ccccc1. The maximum absolute atomic E-state index is 11.3. The molecule has 0 bridgehead atoms. The molecule has 5 heteroatoms. The third kappa shape index (κ3) is 5.60.